The maximum Gasteiger partial charge on any atom is 0.241 e. The molecule has 0 aromatic carbocycles. The highest BCUT2D eigenvalue weighted by Gasteiger charge is 2.21. The van der Waals surface area contributed by atoms with Crippen LogP contribution in [0.4, 0.5) is 0 Å². The number of aromatic nitrogens is 4. The average Bonchev–Trinajstić information content (AvgIpc) is 2.80. The van der Waals surface area contributed by atoms with Crippen molar-refractivity contribution < 1.29 is 4.79 Å². The molecular formula is C12H22N6O. The van der Waals surface area contributed by atoms with Crippen molar-refractivity contribution in [3.63, 3.8) is 0 Å². The lowest BCUT2D eigenvalue weighted by molar-refractivity contribution is -0.121. The van der Waals surface area contributed by atoms with Crippen LogP contribution in [0.3, 0.4) is 0 Å². The number of carbonyl (C=O) groups excluding carboxylic acids is 1. The molecule has 1 amide bonds. The van der Waals surface area contributed by atoms with Crippen LogP contribution in [0, 0.1) is 11.8 Å². The van der Waals surface area contributed by atoms with Gasteiger partial charge in [0.1, 0.15) is 12.9 Å². The van der Waals surface area contributed by atoms with Gasteiger partial charge in [0.2, 0.25) is 5.91 Å². The maximum absolute atomic E-state index is 11.6. The Morgan fingerprint density at radius 3 is 2.74 bits per heavy atom. The predicted octanol–water partition coefficient (Wildman–Crippen LogP) is -0.233. The number of rotatable bonds is 5. The standard InChI is InChI=1S/C12H22N6O/c1-10-5-11(2)7-17(6-10)4-3-13-12(19)8-18-9-14-15-16-18/h9-11H,3-8H2,1-2H3,(H,13,19). The van der Waals surface area contributed by atoms with Crippen molar-refractivity contribution in [1.29, 1.82) is 0 Å². The van der Waals surface area contributed by atoms with Gasteiger partial charge in [0.15, 0.2) is 0 Å². The van der Waals surface area contributed by atoms with Crippen LogP contribution in [0.15, 0.2) is 6.33 Å². The topological polar surface area (TPSA) is 75.9 Å². The van der Waals surface area contributed by atoms with Crippen LogP contribution in [0.25, 0.3) is 0 Å². The summed E-state index contributed by atoms with van der Waals surface area (Å²) < 4.78 is 1.42. The molecule has 1 aromatic rings. The molecule has 1 aliphatic rings. The van der Waals surface area contributed by atoms with Gasteiger partial charge in [-0.2, -0.15) is 0 Å². The lowest BCUT2D eigenvalue weighted by Gasteiger charge is -2.34. The first-order chi connectivity index (χ1) is 9.13. The molecule has 1 fully saturated rings. The molecule has 1 aliphatic heterocycles. The molecule has 0 spiro atoms. The first-order valence-corrected chi connectivity index (χ1v) is 6.83. The summed E-state index contributed by atoms with van der Waals surface area (Å²) in [7, 11) is 0. The number of nitrogens with zero attached hydrogens (tertiary/aromatic N) is 5. The smallest absolute Gasteiger partial charge is 0.241 e. The highest BCUT2D eigenvalue weighted by molar-refractivity contribution is 5.75. The minimum absolute atomic E-state index is 0.0505. The molecule has 2 atom stereocenters. The minimum Gasteiger partial charge on any atom is -0.353 e. The second-order valence-corrected chi connectivity index (χ2v) is 5.56. The molecule has 0 bridgehead atoms. The molecule has 0 saturated carbocycles. The van der Waals surface area contributed by atoms with E-state index in [4.69, 9.17) is 0 Å². The monoisotopic (exact) mass is 266 g/mol. The number of piperidine rings is 1. The van der Waals surface area contributed by atoms with Gasteiger partial charge in [-0.1, -0.05) is 13.8 Å². The van der Waals surface area contributed by atoms with Crippen molar-refractivity contribution in [2.24, 2.45) is 11.8 Å². The summed E-state index contributed by atoms with van der Waals surface area (Å²) in [5.74, 6) is 1.45. The Kier molecular flexibility index (Phi) is 4.84. The zero-order chi connectivity index (χ0) is 13.7. The molecule has 7 nitrogen and oxygen atoms in total. The van der Waals surface area contributed by atoms with Gasteiger partial charge in [-0.25, -0.2) is 4.68 Å². The van der Waals surface area contributed by atoms with Crippen LogP contribution in [-0.2, 0) is 11.3 Å². The van der Waals surface area contributed by atoms with Gasteiger partial charge in [-0.3, -0.25) is 4.79 Å². The summed E-state index contributed by atoms with van der Waals surface area (Å²) in [6.07, 6.45) is 2.75. The Morgan fingerprint density at radius 1 is 1.37 bits per heavy atom. The van der Waals surface area contributed by atoms with Crippen molar-refractivity contribution in [3.05, 3.63) is 6.33 Å². The Morgan fingerprint density at radius 2 is 2.11 bits per heavy atom. The quantitative estimate of drug-likeness (QED) is 0.796. The number of nitrogens with one attached hydrogen (secondary N) is 1. The van der Waals surface area contributed by atoms with Crippen LogP contribution in [0.5, 0.6) is 0 Å². The molecule has 19 heavy (non-hydrogen) atoms. The molecule has 1 aromatic heterocycles. The van der Waals surface area contributed by atoms with Crippen molar-refractivity contribution in [2.75, 3.05) is 26.2 Å². The van der Waals surface area contributed by atoms with E-state index in [9.17, 15) is 4.79 Å². The van der Waals surface area contributed by atoms with Crippen molar-refractivity contribution >= 4 is 5.91 Å². The first kappa shape index (κ1) is 13.9. The molecular weight excluding hydrogens is 244 g/mol. The predicted molar refractivity (Wildman–Crippen MR) is 70.2 cm³/mol. The van der Waals surface area contributed by atoms with E-state index >= 15 is 0 Å². The van der Waals surface area contributed by atoms with Gasteiger partial charge in [-0.05, 0) is 28.7 Å². The van der Waals surface area contributed by atoms with Gasteiger partial charge in [0, 0.05) is 26.2 Å². The molecule has 2 heterocycles. The van der Waals surface area contributed by atoms with E-state index in [1.807, 2.05) is 0 Å². The second-order valence-electron chi connectivity index (χ2n) is 5.56. The average molecular weight is 266 g/mol. The minimum atomic E-state index is -0.0505. The normalized spacial score (nSPS) is 24.3. The van der Waals surface area contributed by atoms with Gasteiger partial charge in [-0.15, -0.1) is 5.10 Å². The van der Waals surface area contributed by atoms with Crippen molar-refractivity contribution in [3.8, 4) is 0 Å². The Bertz CT molecular complexity index is 383. The summed E-state index contributed by atoms with van der Waals surface area (Å²) in [5.41, 5.74) is 0. The molecule has 2 unspecified atom stereocenters. The number of hydrogen-bond acceptors (Lipinski definition) is 5. The Balaban J connectivity index is 1.64. The molecule has 2 rings (SSSR count). The van der Waals surface area contributed by atoms with E-state index in [1.54, 1.807) is 0 Å². The third kappa shape index (κ3) is 4.59. The summed E-state index contributed by atoms with van der Waals surface area (Å²) in [5, 5.41) is 13.5. The summed E-state index contributed by atoms with van der Waals surface area (Å²) >= 11 is 0. The van der Waals surface area contributed by atoms with Crippen LogP contribution in [0.1, 0.15) is 20.3 Å². The zero-order valence-corrected chi connectivity index (χ0v) is 11.6. The number of carbonyl (C=O) groups is 1. The number of hydrogen-bond donors (Lipinski definition) is 1. The van der Waals surface area contributed by atoms with Crippen LogP contribution >= 0.6 is 0 Å². The summed E-state index contributed by atoms with van der Waals surface area (Å²) in [6.45, 7) is 8.62. The summed E-state index contributed by atoms with van der Waals surface area (Å²) in [4.78, 5) is 14.1. The molecule has 7 heteroatoms. The fraction of sp³-hybridized carbons (Fsp3) is 0.833. The molecule has 106 valence electrons. The number of tetrazole rings is 1. The molecule has 0 aliphatic carbocycles. The zero-order valence-electron chi connectivity index (χ0n) is 11.6. The van der Waals surface area contributed by atoms with E-state index in [2.05, 4.69) is 39.6 Å². The van der Waals surface area contributed by atoms with E-state index in [0.29, 0.717) is 6.54 Å². The van der Waals surface area contributed by atoms with Crippen molar-refractivity contribution in [1.82, 2.24) is 30.4 Å². The second kappa shape index (κ2) is 6.60. The van der Waals surface area contributed by atoms with Gasteiger partial charge in [0.05, 0.1) is 0 Å². The largest absolute Gasteiger partial charge is 0.353 e. The molecule has 1 saturated heterocycles. The number of likely N-dealkylation sites (tertiary alicyclic amines) is 1. The van der Waals surface area contributed by atoms with Crippen molar-refractivity contribution in [2.45, 2.75) is 26.8 Å². The molecule has 0 radical (unpaired) electrons. The van der Waals surface area contributed by atoms with Gasteiger partial charge in [0.25, 0.3) is 0 Å². The Labute approximate surface area is 113 Å². The van der Waals surface area contributed by atoms with E-state index in [0.717, 1.165) is 31.5 Å². The van der Waals surface area contributed by atoms with E-state index in [-0.39, 0.29) is 12.5 Å². The van der Waals surface area contributed by atoms with Gasteiger partial charge >= 0.3 is 0 Å². The Hall–Kier alpha value is -1.50. The van der Waals surface area contributed by atoms with Crippen LogP contribution in [-0.4, -0.2) is 57.2 Å². The van der Waals surface area contributed by atoms with E-state index in [1.165, 1.54) is 17.4 Å². The summed E-state index contributed by atoms with van der Waals surface area (Å²) in [6, 6.07) is 0. The highest BCUT2D eigenvalue weighted by atomic mass is 16.2. The third-order valence-electron chi connectivity index (χ3n) is 3.39. The van der Waals surface area contributed by atoms with Crippen LogP contribution < -0.4 is 5.32 Å². The third-order valence-corrected chi connectivity index (χ3v) is 3.39. The van der Waals surface area contributed by atoms with Crippen LogP contribution in [0.2, 0.25) is 0 Å². The highest BCUT2D eigenvalue weighted by Crippen LogP contribution is 2.20. The number of amides is 1. The lowest BCUT2D eigenvalue weighted by atomic mass is 9.92. The lowest BCUT2D eigenvalue weighted by Crippen LogP contribution is -2.43. The fourth-order valence-corrected chi connectivity index (χ4v) is 2.78. The van der Waals surface area contributed by atoms with E-state index < -0.39 is 0 Å². The maximum atomic E-state index is 11.6. The SMILES string of the molecule is CC1CC(C)CN(CCNC(=O)Cn2cnnn2)C1. The first-order valence-electron chi connectivity index (χ1n) is 6.83. The van der Waals surface area contributed by atoms with Gasteiger partial charge < -0.3 is 10.2 Å². The molecule has 1 N–H and O–H groups in total. The fourth-order valence-electron chi connectivity index (χ4n) is 2.78.